The Labute approximate surface area is 116 Å². The van der Waals surface area contributed by atoms with Crippen molar-refractivity contribution in [2.24, 2.45) is 0 Å². The summed E-state index contributed by atoms with van der Waals surface area (Å²) in [5.74, 6) is 0.0562. The van der Waals surface area contributed by atoms with Crippen LogP contribution in [0.2, 0.25) is 0 Å². The van der Waals surface area contributed by atoms with Gasteiger partial charge in [0.05, 0.1) is 12.2 Å². The van der Waals surface area contributed by atoms with E-state index < -0.39 is 11.7 Å². The number of benzene rings is 1. The predicted octanol–water partition coefficient (Wildman–Crippen LogP) is 3.92. The van der Waals surface area contributed by atoms with Crippen molar-refractivity contribution < 1.29 is 17.9 Å². The number of nitrogens with zero attached hydrogens (tertiary/aromatic N) is 1. The minimum atomic E-state index is -4.40. The highest BCUT2D eigenvalue weighted by molar-refractivity contribution is 6.17. The first-order chi connectivity index (χ1) is 8.81. The summed E-state index contributed by atoms with van der Waals surface area (Å²) in [6.07, 6.45) is -4.40. The first-order valence-electron chi connectivity index (χ1n) is 5.79. The standard InChI is InChI=1S/C13H17ClF3NO/c1-9(8-19-3)18(2)12-5-4-10(7-14)6-11(12)13(15,16)17/h4-6,9H,7-8H2,1-3H3. The number of halogens is 4. The summed E-state index contributed by atoms with van der Waals surface area (Å²) in [6.45, 7) is 2.16. The third-order valence-electron chi connectivity index (χ3n) is 2.97. The molecule has 0 bridgehead atoms. The van der Waals surface area contributed by atoms with E-state index in [9.17, 15) is 13.2 Å². The van der Waals surface area contributed by atoms with Gasteiger partial charge in [-0.05, 0) is 24.6 Å². The minimum absolute atomic E-state index is 0.0562. The summed E-state index contributed by atoms with van der Waals surface area (Å²) in [5.41, 5.74) is -0.0902. The van der Waals surface area contributed by atoms with Crippen LogP contribution in [0.15, 0.2) is 18.2 Å². The molecule has 2 nitrogen and oxygen atoms in total. The number of ether oxygens (including phenoxy) is 1. The van der Waals surface area contributed by atoms with Gasteiger partial charge in [-0.3, -0.25) is 0 Å². The Kier molecular flexibility index (Phi) is 5.50. The Hall–Kier alpha value is -0.940. The highest BCUT2D eigenvalue weighted by atomic mass is 35.5. The van der Waals surface area contributed by atoms with Crippen molar-refractivity contribution in [3.05, 3.63) is 29.3 Å². The maximum atomic E-state index is 13.1. The van der Waals surface area contributed by atoms with Crippen LogP contribution in [-0.4, -0.2) is 26.8 Å². The molecule has 1 unspecified atom stereocenters. The molecule has 1 atom stereocenters. The molecule has 0 aliphatic heterocycles. The van der Waals surface area contributed by atoms with Crippen LogP contribution in [0.3, 0.4) is 0 Å². The normalized spacial score (nSPS) is 13.4. The van der Waals surface area contributed by atoms with Crippen LogP contribution in [0.4, 0.5) is 18.9 Å². The zero-order valence-corrected chi connectivity index (χ0v) is 11.8. The fourth-order valence-corrected chi connectivity index (χ4v) is 1.96. The van der Waals surface area contributed by atoms with Crippen molar-refractivity contribution in [3.8, 4) is 0 Å². The molecule has 0 aromatic heterocycles. The molecule has 1 aromatic carbocycles. The topological polar surface area (TPSA) is 12.5 Å². The predicted molar refractivity (Wildman–Crippen MR) is 70.7 cm³/mol. The number of hydrogen-bond donors (Lipinski definition) is 0. The Morgan fingerprint density at radius 2 is 2.00 bits per heavy atom. The van der Waals surface area contributed by atoms with E-state index in [0.29, 0.717) is 12.2 Å². The maximum absolute atomic E-state index is 13.1. The molecule has 0 saturated carbocycles. The van der Waals surface area contributed by atoms with E-state index in [1.807, 2.05) is 0 Å². The SMILES string of the molecule is COCC(C)N(C)c1ccc(CCl)cc1C(F)(F)F. The van der Waals surface area contributed by atoms with Crippen LogP contribution in [0, 0.1) is 0 Å². The van der Waals surface area contributed by atoms with Gasteiger partial charge >= 0.3 is 6.18 Å². The largest absolute Gasteiger partial charge is 0.418 e. The summed E-state index contributed by atoms with van der Waals surface area (Å²) in [7, 11) is 3.14. The van der Waals surface area contributed by atoms with Gasteiger partial charge in [0, 0.05) is 31.8 Å². The van der Waals surface area contributed by atoms with Gasteiger partial charge in [0.25, 0.3) is 0 Å². The number of likely N-dealkylation sites (N-methyl/N-ethyl adjacent to an activating group) is 1. The summed E-state index contributed by atoms with van der Waals surface area (Å²) in [5, 5.41) is 0. The van der Waals surface area contributed by atoms with E-state index in [1.54, 1.807) is 24.9 Å². The Balaban J connectivity index is 3.19. The molecule has 0 N–H and O–H groups in total. The second-order valence-electron chi connectivity index (χ2n) is 4.40. The molecule has 0 heterocycles. The highest BCUT2D eigenvalue weighted by Crippen LogP contribution is 2.37. The molecule has 0 spiro atoms. The molecule has 0 saturated heterocycles. The van der Waals surface area contributed by atoms with Crippen LogP contribution in [0.25, 0.3) is 0 Å². The number of hydrogen-bond acceptors (Lipinski definition) is 2. The van der Waals surface area contributed by atoms with Gasteiger partial charge in [-0.15, -0.1) is 11.6 Å². The average Bonchev–Trinajstić information content (AvgIpc) is 2.36. The average molecular weight is 296 g/mol. The molecule has 1 aromatic rings. The van der Waals surface area contributed by atoms with Crippen molar-refractivity contribution in [3.63, 3.8) is 0 Å². The van der Waals surface area contributed by atoms with E-state index in [-0.39, 0.29) is 17.6 Å². The smallest absolute Gasteiger partial charge is 0.383 e. The van der Waals surface area contributed by atoms with Gasteiger partial charge in [0.1, 0.15) is 0 Å². The van der Waals surface area contributed by atoms with E-state index in [0.717, 1.165) is 6.07 Å². The fraction of sp³-hybridized carbons (Fsp3) is 0.538. The van der Waals surface area contributed by atoms with Crippen molar-refractivity contribution in [1.29, 1.82) is 0 Å². The van der Waals surface area contributed by atoms with Crippen molar-refractivity contribution in [1.82, 2.24) is 0 Å². The third-order valence-corrected chi connectivity index (χ3v) is 3.28. The van der Waals surface area contributed by atoms with Crippen LogP contribution >= 0.6 is 11.6 Å². The van der Waals surface area contributed by atoms with Gasteiger partial charge in [-0.2, -0.15) is 13.2 Å². The second kappa shape index (κ2) is 6.48. The summed E-state index contributed by atoms with van der Waals surface area (Å²) >= 11 is 5.59. The third kappa shape index (κ3) is 4.01. The summed E-state index contributed by atoms with van der Waals surface area (Å²) in [6, 6.07) is 3.99. The molecular weight excluding hydrogens is 279 g/mol. The van der Waals surface area contributed by atoms with Crippen LogP contribution in [0.1, 0.15) is 18.1 Å². The van der Waals surface area contributed by atoms with Crippen LogP contribution in [-0.2, 0) is 16.8 Å². The Bertz CT molecular complexity index is 423. The Morgan fingerprint density at radius 3 is 2.47 bits per heavy atom. The monoisotopic (exact) mass is 295 g/mol. The van der Waals surface area contributed by atoms with Gasteiger partial charge in [-0.25, -0.2) is 0 Å². The molecule has 108 valence electrons. The summed E-state index contributed by atoms with van der Waals surface area (Å²) in [4.78, 5) is 1.56. The van der Waals surface area contributed by atoms with E-state index in [4.69, 9.17) is 16.3 Å². The lowest BCUT2D eigenvalue weighted by atomic mass is 10.1. The fourth-order valence-electron chi connectivity index (χ4n) is 1.79. The highest BCUT2D eigenvalue weighted by Gasteiger charge is 2.35. The molecule has 19 heavy (non-hydrogen) atoms. The summed E-state index contributed by atoms with van der Waals surface area (Å²) < 4.78 is 44.2. The van der Waals surface area contributed by atoms with Crippen molar-refractivity contribution in [2.45, 2.75) is 25.0 Å². The second-order valence-corrected chi connectivity index (χ2v) is 4.67. The lowest BCUT2D eigenvalue weighted by Crippen LogP contribution is -2.34. The molecule has 0 amide bonds. The lowest BCUT2D eigenvalue weighted by Gasteiger charge is -2.29. The quantitative estimate of drug-likeness (QED) is 0.764. The minimum Gasteiger partial charge on any atom is -0.383 e. The molecular formula is C13H17ClF3NO. The molecule has 6 heteroatoms. The van der Waals surface area contributed by atoms with Crippen LogP contribution < -0.4 is 4.90 Å². The molecule has 0 aliphatic carbocycles. The zero-order chi connectivity index (χ0) is 14.6. The van der Waals surface area contributed by atoms with Gasteiger partial charge < -0.3 is 9.64 Å². The van der Waals surface area contributed by atoms with Crippen molar-refractivity contribution >= 4 is 17.3 Å². The van der Waals surface area contributed by atoms with Crippen molar-refractivity contribution in [2.75, 3.05) is 25.7 Å². The zero-order valence-electron chi connectivity index (χ0n) is 11.1. The van der Waals surface area contributed by atoms with E-state index in [2.05, 4.69) is 0 Å². The first kappa shape index (κ1) is 16.1. The first-order valence-corrected chi connectivity index (χ1v) is 6.32. The van der Waals surface area contributed by atoms with Gasteiger partial charge in [0.2, 0.25) is 0 Å². The van der Waals surface area contributed by atoms with E-state index >= 15 is 0 Å². The van der Waals surface area contributed by atoms with Gasteiger partial charge in [0.15, 0.2) is 0 Å². The lowest BCUT2D eigenvalue weighted by molar-refractivity contribution is -0.137. The number of anilines is 1. The molecule has 0 aliphatic rings. The molecule has 0 radical (unpaired) electrons. The number of methoxy groups -OCH3 is 1. The number of alkyl halides is 4. The maximum Gasteiger partial charge on any atom is 0.418 e. The van der Waals surface area contributed by atoms with Gasteiger partial charge in [-0.1, -0.05) is 6.07 Å². The molecule has 1 rings (SSSR count). The molecule has 0 fully saturated rings. The van der Waals surface area contributed by atoms with Crippen LogP contribution in [0.5, 0.6) is 0 Å². The van der Waals surface area contributed by atoms with E-state index in [1.165, 1.54) is 13.2 Å². The Morgan fingerprint density at radius 1 is 1.37 bits per heavy atom. The number of rotatable bonds is 5.